The molecule has 0 saturated carbocycles. The van der Waals surface area contributed by atoms with Crippen molar-refractivity contribution in [3.05, 3.63) is 53.6 Å². The Hall–Kier alpha value is -3.00. The first-order chi connectivity index (χ1) is 13.6. The van der Waals surface area contributed by atoms with Gasteiger partial charge in [-0.05, 0) is 31.2 Å². The lowest BCUT2D eigenvalue weighted by Crippen LogP contribution is -2.41. The molecule has 4 rings (SSSR count). The van der Waals surface area contributed by atoms with Crippen molar-refractivity contribution < 1.29 is 19.1 Å². The highest BCUT2D eigenvalue weighted by atomic mass is 16.5. The summed E-state index contributed by atoms with van der Waals surface area (Å²) in [5.74, 6) is 0.483. The van der Waals surface area contributed by atoms with Crippen molar-refractivity contribution in [1.82, 2.24) is 19.8 Å². The molecule has 2 aliphatic heterocycles. The SMILES string of the molecule is C[C@H]1COc2ccc(C(=O)N3CCOCC3)cc2CN1C(=O)c1ccncn1. The molecule has 0 N–H and O–H groups in total. The van der Waals surface area contributed by atoms with Crippen molar-refractivity contribution in [3.63, 3.8) is 0 Å². The van der Waals surface area contributed by atoms with Crippen molar-refractivity contribution in [2.45, 2.75) is 19.5 Å². The summed E-state index contributed by atoms with van der Waals surface area (Å²) < 4.78 is 11.2. The van der Waals surface area contributed by atoms with Crippen LogP contribution in [0.3, 0.4) is 0 Å². The van der Waals surface area contributed by atoms with E-state index in [1.54, 1.807) is 28.1 Å². The van der Waals surface area contributed by atoms with E-state index in [0.717, 1.165) is 5.56 Å². The van der Waals surface area contributed by atoms with E-state index in [2.05, 4.69) is 9.97 Å². The Kier molecular flexibility index (Phi) is 5.21. The fourth-order valence-electron chi connectivity index (χ4n) is 3.40. The van der Waals surface area contributed by atoms with Gasteiger partial charge in [0.05, 0.1) is 25.8 Å². The van der Waals surface area contributed by atoms with Gasteiger partial charge in [0.25, 0.3) is 11.8 Å². The Bertz CT molecular complexity index is 868. The highest BCUT2D eigenvalue weighted by Crippen LogP contribution is 2.27. The van der Waals surface area contributed by atoms with E-state index in [1.807, 2.05) is 19.1 Å². The smallest absolute Gasteiger partial charge is 0.273 e. The summed E-state index contributed by atoms with van der Waals surface area (Å²) in [4.78, 5) is 37.2. The molecule has 0 bridgehead atoms. The van der Waals surface area contributed by atoms with Gasteiger partial charge in [0.2, 0.25) is 0 Å². The molecular formula is C20H22N4O4. The standard InChI is InChI=1S/C20H22N4O4/c1-14-12-28-18-3-2-15(19(25)23-6-8-27-9-7-23)10-16(18)11-24(14)20(26)17-4-5-21-13-22-17/h2-5,10,13-14H,6-9,11-12H2,1H3/t14-/m0/s1. The molecule has 0 unspecified atom stereocenters. The van der Waals surface area contributed by atoms with Crippen LogP contribution in [0, 0.1) is 0 Å². The molecule has 8 nitrogen and oxygen atoms in total. The van der Waals surface area contributed by atoms with Crippen molar-refractivity contribution in [2.75, 3.05) is 32.9 Å². The summed E-state index contributed by atoms with van der Waals surface area (Å²) in [5, 5.41) is 0. The lowest BCUT2D eigenvalue weighted by Gasteiger charge is -2.27. The van der Waals surface area contributed by atoms with Crippen LogP contribution < -0.4 is 4.74 Å². The number of hydrogen-bond acceptors (Lipinski definition) is 6. The minimum absolute atomic E-state index is 0.0305. The molecule has 0 spiro atoms. The number of ether oxygens (including phenoxy) is 2. The van der Waals surface area contributed by atoms with Crippen LogP contribution in [0.5, 0.6) is 5.75 Å². The monoisotopic (exact) mass is 382 g/mol. The van der Waals surface area contributed by atoms with Crippen LogP contribution in [0.4, 0.5) is 0 Å². The summed E-state index contributed by atoms with van der Waals surface area (Å²) in [7, 11) is 0. The van der Waals surface area contributed by atoms with Crippen LogP contribution in [0.25, 0.3) is 0 Å². The molecule has 1 fully saturated rings. The van der Waals surface area contributed by atoms with Gasteiger partial charge in [0.15, 0.2) is 0 Å². The van der Waals surface area contributed by atoms with Gasteiger partial charge in [-0.15, -0.1) is 0 Å². The predicted molar refractivity (Wildman–Crippen MR) is 100 cm³/mol. The number of amides is 2. The number of morpholine rings is 1. The van der Waals surface area contributed by atoms with Crippen molar-refractivity contribution in [3.8, 4) is 5.75 Å². The Morgan fingerprint density at radius 1 is 1.14 bits per heavy atom. The largest absolute Gasteiger partial charge is 0.491 e. The topological polar surface area (TPSA) is 84.9 Å². The van der Waals surface area contributed by atoms with Gasteiger partial charge in [0, 0.05) is 30.4 Å². The van der Waals surface area contributed by atoms with Gasteiger partial charge in [-0.1, -0.05) is 0 Å². The number of carbonyl (C=O) groups excluding carboxylic acids is 2. The van der Waals surface area contributed by atoms with Gasteiger partial charge >= 0.3 is 0 Å². The number of rotatable bonds is 2. The van der Waals surface area contributed by atoms with E-state index in [1.165, 1.54) is 6.33 Å². The van der Waals surface area contributed by atoms with E-state index >= 15 is 0 Å². The molecule has 2 aliphatic rings. The normalized spacial score (nSPS) is 19.4. The molecule has 1 saturated heterocycles. The maximum atomic E-state index is 12.9. The third-order valence-electron chi connectivity index (χ3n) is 5.02. The molecule has 0 radical (unpaired) electrons. The molecule has 28 heavy (non-hydrogen) atoms. The van der Waals surface area contributed by atoms with E-state index < -0.39 is 0 Å². The fraction of sp³-hybridized carbons (Fsp3) is 0.400. The van der Waals surface area contributed by atoms with E-state index in [-0.39, 0.29) is 17.9 Å². The van der Waals surface area contributed by atoms with Crippen LogP contribution in [0.2, 0.25) is 0 Å². The Morgan fingerprint density at radius 3 is 2.71 bits per heavy atom. The zero-order chi connectivity index (χ0) is 19.5. The van der Waals surface area contributed by atoms with Crippen LogP contribution in [-0.2, 0) is 11.3 Å². The Labute approximate surface area is 163 Å². The second kappa shape index (κ2) is 7.93. The quantitative estimate of drug-likeness (QED) is 0.780. The minimum Gasteiger partial charge on any atom is -0.491 e. The molecule has 1 atom stereocenters. The Balaban J connectivity index is 1.59. The summed E-state index contributed by atoms with van der Waals surface area (Å²) in [6.45, 7) is 4.94. The average molecular weight is 382 g/mol. The zero-order valence-corrected chi connectivity index (χ0v) is 15.7. The first-order valence-corrected chi connectivity index (χ1v) is 9.33. The summed E-state index contributed by atoms with van der Waals surface area (Å²) in [5.41, 5.74) is 1.74. The van der Waals surface area contributed by atoms with Crippen LogP contribution in [0.1, 0.15) is 33.3 Å². The number of aromatic nitrogens is 2. The molecule has 2 aromatic rings. The van der Waals surface area contributed by atoms with Gasteiger partial charge in [0.1, 0.15) is 24.4 Å². The number of fused-ring (bicyclic) bond motifs is 1. The minimum atomic E-state index is -0.184. The molecule has 8 heteroatoms. The predicted octanol–water partition coefficient (Wildman–Crippen LogP) is 1.37. The fourth-order valence-corrected chi connectivity index (χ4v) is 3.40. The van der Waals surface area contributed by atoms with Gasteiger partial charge in [-0.3, -0.25) is 9.59 Å². The van der Waals surface area contributed by atoms with Crippen molar-refractivity contribution in [1.29, 1.82) is 0 Å². The third kappa shape index (κ3) is 3.68. The molecule has 1 aromatic carbocycles. The zero-order valence-electron chi connectivity index (χ0n) is 15.7. The third-order valence-corrected chi connectivity index (χ3v) is 5.02. The lowest BCUT2D eigenvalue weighted by atomic mass is 10.1. The van der Waals surface area contributed by atoms with Crippen LogP contribution in [-0.4, -0.2) is 70.5 Å². The van der Waals surface area contributed by atoms with E-state index in [0.29, 0.717) is 56.5 Å². The highest BCUT2D eigenvalue weighted by molar-refractivity contribution is 5.95. The van der Waals surface area contributed by atoms with Crippen molar-refractivity contribution in [2.24, 2.45) is 0 Å². The average Bonchev–Trinajstić information content (AvgIpc) is 2.92. The van der Waals surface area contributed by atoms with Crippen molar-refractivity contribution >= 4 is 11.8 Å². The molecule has 2 amide bonds. The Morgan fingerprint density at radius 2 is 1.96 bits per heavy atom. The maximum Gasteiger partial charge on any atom is 0.273 e. The second-order valence-electron chi connectivity index (χ2n) is 6.91. The molecule has 0 aliphatic carbocycles. The first kappa shape index (κ1) is 18.4. The lowest BCUT2D eigenvalue weighted by molar-refractivity contribution is 0.0303. The number of carbonyl (C=O) groups is 2. The number of hydrogen-bond donors (Lipinski definition) is 0. The molecule has 146 valence electrons. The summed E-state index contributed by atoms with van der Waals surface area (Å²) >= 11 is 0. The molecule has 3 heterocycles. The number of benzene rings is 1. The van der Waals surface area contributed by atoms with E-state index in [4.69, 9.17) is 9.47 Å². The first-order valence-electron chi connectivity index (χ1n) is 9.33. The summed E-state index contributed by atoms with van der Waals surface area (Å²) in [6, 6.07) is 6.89. The van der Waals surface area contributed by atoms with Gasteiger partial charge in [-0.2, -0.15) is 0 Å². The maximum absolute atomic E-state index is 12.9. The number of nitrogens with zero attached hydrogens (tertiary/aromatic N) is 4. The summed E-state index contributed by atoms with van der Waals surface area (Å²) in [6.07, 6.45) is 2.91. The van der Waals surface area contributed by atoms with Crippen LogP contribution >= 0.6 is 0 Å². The van der Waals surface area contributed by atoms with Gasteiger partial charge < -0.3 is 19.3 Å². The van der Waals surface area contributed by atoms with Gasteiger partial charge in [-0.25, -0.2) is 9.97 Å². The van der Waals surface area contributed by atoms with E-state index in [9.17, 15) is 9.59 Å². The molecular weight excluding hydrogens is 360 g/mol. The van der Waals surface area contributed by atoms with Crippen LogP contribution in [0.15, 0.2) is 36.8 Å². The second-order valence-corrected chi connectivity index (χ2v) is 6.91. The molecule has 1 aromatic heterocycles. The highest BCUT2D eigenvalue weighted by Gasteiger charge is 2.28.